The zero-order valence-corrected chi connectivity index (χ0v) is 17.5. The summed E-state index contributed by atoms with van der Waals surface area (Å²) in [6.07, 6.45) is -6.38. The summed E-state index contributed by atoms with van der Waals surface area (Å²) in [6.45, 7) is 5.20. The lowest BCUT2D eigenvalue weighted by Crippen LogP contribution is -2.44. The molecule has 0 bridgehead atoms. The molecule has 0 saturated heterocycles. The first kappa shape index (κ1) is 23.9. The molecule has 1 aliphatic rings. The maximum Gasteiger partial charge on any atom is 0.397 e. The third-order valence-corrected chi connectivity index (χ3v) is 4.87. The fraction of sp³-hybridized carbons (Fsp3) is 0.600. The van der Waals surface area contributed by atoms with Gasteiger partial charge in [0.1, 0.15) is 18.8 Å². The number of anilines is 1. The van der Waals surface area contributed by atoms with Crippen LogP contribution < -0.4 is 15.4 Å². The van der Waals surface area contributed by atoms with Crippen LogP contribution in [0.1, 0.15) is 30.6 Å². The van der Waals surface area contributed by atoms with Crippen molar-refractivity contribution >= 4 is 17.5 Å². The van der Waals surface area contributed by atoms with Crippen molar-refractivity contribution in [3.63, 3.8) is 0 Å². The summed E-state index contributed by atoms with van der Waals surface area (Å²) < 4.78 is 48.6. The molecule has 1 aromatic rings. The Hall–Kier alpha value is -2.33. The summed E-state index contributed by atoms with van der Waals surface area (Å²) in [4.78, 5) is 26.1. The van der Waals surface area contributed by atoms with Gasteiger partial charge in [0.05, 0.1) is 11.7 Å². The lowest BCUT2D eigenvalue weighted by Gasteiger charge is -2.30. The number of carbonyl (C=O) groups is 2. The van der Waals surface area contributed by atoms with Crippen molar-refractivity contribution in [1.29, 1.82) is 0 Å². The van der Waals surface area contributed by atoms with Gasteiger partial charge in [-0.15, -0.1) is 0 Å². The number of likely N-dealkylation sites (N-methyl/N-ethyl adjacent to an activating group) is 1. The number of methoxy groups -OCH3 is 1. The molecule has 2 rings (SSSR count). The number of fused-ring (bicyclic) bond motifs is 1. The van der Waals surface area contributed by atoms with Gasteiger partial charge in [-0.05, 0) is 25.0 Å². The minimum atomic E-state index is -4.61. The van der Waals surface area contributed by atoms with Crippen molar-refractivity contribution in [2.24, 2.45) is 5.92 Å². The summed E-state index contributed by atoms with van der Waals surface area (Å²) in [7, 11) is 3.24. The Bertz CT molecular complexity index is 757. The average Bonchev–Trinajstić information content (AvgIpc) is 2.65. The number of alkyl halides is 3. The number of benzene rings is 1. The zero-order chi connectivity index (χ0) is 22.5. The molecule has 0 aromatic heterocycles. The molecule has 2 amide bonds. The first-order chi connectivity index (χ1) is 14.0. The molecule has 1 heterocycles. The van der Waals surface area contributed by atoms with Crippen molar-refractivity contribution < 1.29 is 32.2 Å². The monoisotopic (exact) mass is 431 g/mol. The Morgan fingerprint density at radius 3 is 2.70 bits per heavy atom. The molecular weight excluding hydrogens is 403 g/mol. The van der Waals surface area contributed by atoms with Gasteiger partial charge in [-0.1, -0.05) is 6.92 Å². The highest BCUT2D eigenvalue weighted by Gasteiger charge is 2.31. The molecule has 30 heavy (non-hydrogen) atoms. The molecule has 10 heteroatoms. The van der Waals surface area contributed by atoms with E-state index in [-0.39, 0.29) is 47.6 Å². The van der Waals surface area contributed by atoms with E-state index in [9.17, 15) is 22.8 Å². The van der Waals surface area contributed by atoms with Crippen LogP contribution in [0.25, 0.3) is 0 Å². The molecule has 0 radical (unpaired) electrons. The molecule has 1 aliphatic heterocycles. The largest absolute Gasteiger partial charge is 0.491 e. The fourth-order valence-corrected chi connectivity index (χ4v) is 3.12. The first-order valence-corrected chi connectivity index (χ1v) is 9.65. The summed E-state index contributed by atoms with van der Waals surface area (Å²) in [5, 5.41) is 5.54. The normalized spacial score (nSPS) is 23.6. The van der Waals surface area contributed by atoms with E-state index in [0.717, 1.165) is 0 Å². The molecule has 7 nitrogen and oxygen atoms in total. The van der Waals surface area contributed by atoms with Gasteiger partial charge < -0.3 is 25.0 Å². The minimum absolute atomic E-state index is 0.0476. The van der Waals surface area contributed by atoms with Crippen LogP contribution in [-0.2, 0) is 9.53 Å². The zero-order valence-electron chi connectivity index (χ0n) is 17.5. The van der Waals surface area contributed by atoms with Gasteiger partial charge in [-0.3, -0.25) is 9.59 Å². The van der Waals surface area contributed by atoms with E-state index < -0.39 is 18.5 Å². The van der Waals surface area contributed by atoms with Crippen LogP contribution in [0.15, 0.2) is 18.2 Å². The topological polar surface area (TPSA) is 79.9 Å². The van der Waals surface area contributed by atoms with E-state index >= 15 is 0 Å². The van der Waals surface area contributed by atoms with E-state index in [1.165, 1.54) is 23.1 Å². The number of nitrogens with one attached hydrogen (secondary N) is 2. The molecule has 168 valence electrons. The van der Waals surface area contributed by atoms with E-state index in [1.807, 2.05) is 13.8 Å². The fourth-order valence-electron chi connectivity index (χ4n) is 3.12. The second-order valence-corrected chi connectivity index (χ2v) is 7.61. The number of carbonyl (C=O) groups excluding carboxylic acids is 2. The highest BCUT2D eigenvalue weighted by molar-refractivity contribution is 5.98. The Labute approximate surface area is 173 Å². The Morgan fingerprint density at radius 1 is 1.37 bits per heavy atom. The van der Waals surface area contributed by atoms with Crippen molar-refractivity contribution in [2.75, 3.05) is 39.2 Å². The smallest absolute Gasteiger partial charge is 0.397 e. The molecule has 0 saturated carbocycles. The van der Waals surface area contributed by atoms with Crippen LogP contribution >= 0.6 is 0 Å². The Kier molecular flexibility index (Phi) is 8.08. The van der Waals surface area contributed by atoms with Gasteiger partial charge in [0, 0.05) is 45.0 Å². The predicted molar refractivity (Wildman–Crippen MR) is 106 cm³/mol. The van der Waals surface area contributed by atoms with Crippen molar-refractivity contribution in [3.8, 4) is 5.75 Å². The first-order valence-electron chi connectivity index (χ1n) is 9.65. The SMILES string of the molecule is CO[C@H]1CN(C)C(=O)c2ccc(NC(=O)CC(F)(F)F)cc2OC[C@H](C)NC[C@H]1C. The minimum Gasteiger partial charge on any atom is -0.491 e. The number of nitrogens with zero attached hydrogens (tertiary/aromatic N) is 1. The van der Waals surface area contributed by atoms with Gasteiger partial charge in [0.2, 0.25) is 5.91 Å². The molecule has 0 aliphatic carbocycles. The van der Waals surface area contributed by atoms with Crippen LogP contribution in [0.2, 0.25) is 0 Å². The van der Waals surface area contributed by atoms with E-state index in [2.05, 4.69) is 10.6 Å². The molecule has 2 N–H and O–H groups in total. The van der Waals surface area contributed by atoms with Crippen LogP contribution in [0.3, 0.4) is 0 Å². The van der Waals surface area contributed by atoms with Gasteiger partial charge in [0.15, 0.2) is 0 Å². The number of rotatable bonds is 3. The number of amides is 2. The molecule has 1 aromatic carbocycles. The highest BCUT2D eigenvalue weighted by Crippen LogP contribution is 2.27. The third-order valence-electron chi connectivity index (χ3n) is 4.87. The Balaban J connectivity index is 2.29. The maximum absolute atomic E-state index is 13.0. The van der Waals surface area contributed by atoms with Crippen molar-refractivity contribution in [3.05, 3.63) is 23.8 Å². The lowest BCUT2D eigenvalue weighted by atomic mass is 10.0. The quantitative estimate of drug-likeness (QED) is 0.769. The molecular formula is C20H28F3N3O4. The number of hydrogen-bond donors (Lipinski definition) is 2. The maximum atomic E-state index is 13.0. The van der Waals surface area contributed by atoms with E-state index in [4.69, 9.17) is 9.47 Å². The summed E-state index contributed by atoms with van der Waals surface area (Å²) in [5.74, 6) is -1.16. The number of hydrogen-bond acceptors (Lipinski definition) is 5. The van der Waals surface area contributed by atoms with Crippen LogP contribution in [-0.4, -0.2) is 68.9 Å². The van der Waals surface area contributed by atoms with Gasteiger partial charge in [-0.2, -0.15) is 13.2 Å². The van der Waals surface area contributed by atoms with Crippen LogP contribution in [0, 0.1) is 5.92 Å². The van der Waals surface area contributed by atoms with Gasteiger partial charge in [0.25, 0.3) is 5.91 Å². The summed E-state index contributed by atoms with van der Waals surface area (Å²) in [5.41, 5.74) is 0.371. The molecule has 3 atom stereocenters. The average molecular weight is 431 g/mol. The van der Waals surface area contributed by atoms with E-state index in [1.54, 1.807) is 14.2 Å². The number of ether oxygens (including phenoxy) is 2. The van der Waals surface area contributed by atoms with Crippen LogP contribution in [0.5, 0.6) is 5.75 Å². The van der Waals surface area contributed by atoms with Crippen LogP contribution in [0.4, 0.5) is 18.9 Å². The van der Waals surface area contributed by atoms with Gasteiger partial charge >= 0.3 is 6.18 Å². The lowest BCUT2D eigenvalue weighted by molar-refractivity contribution is -0.150. The summed E-state index contributed by atoms with van der Waals surface area (Å²) >= 11 is 0. The Morgan fingerprint density at radius 2 is 2.07 bits per heavy atom. The second kappa shape index (κ2) is 10.1. The highest BCUT2D eigenvalue weighted by atomic mass is 19.4. The number of halogens is 3. The third kappa shape index (κ3) is 6.88. The standard InChI is InChI=1S/C20H28F3N3O4/c1-12-9-24-13(2)11-30-16-7-14(25-18(27)8-20(21,22)23)5-6-15(16)19(28)26(3)10-17(12)29-4/h5-7,12-13,17,24H,8-11H2,1-4H3,(H,25,27)/t12-,13+,17+/m1/s1. The van der Waals surface area contributed by atoms with E-state index in [0.29, 0.717) is 13.1 Å². The molecule has 0 unspecified atom stereocenters. The molecule has 0 fully saturated rings. The van der Waals surface area contributed by atoms with Crippen molar-refractivity contribution in [1.82, 2.24) is 10.2 Å². The van der Waals surface area contributed by atoms with Crippen molar-refractivity contribution in [2.45, 2.75) is 38.6 Å². The second-order valence-electron chi connectivity index (χ2n) is 7.61. The summed E-state index contributed by atoms with van der Waals surface area (Å²) in [6, 6.07) is 4.14. The molecule has 0 spiro atoms. The predicted octanol–water partition coefficient (Wildman–Crippen LogP) is 2.67. The van der Waals surface area contributed by atoms with Gasteiger partial charge in [-0.25, -0.2) is 0 Å².